The zero-order valence-electron chi connectivity index (χ0n) is 12.6. The Morgan fingerprint density at radius 1 is 1.33 bits per heavy atom. The standard InChI is InChI=1S/C16H20N2O3/c1-4-9-21-16(19)15-10-17-11-18(15)12(2)13-5-7-14(20-3)8-6-13/h5-8,10-12H,4,9H2,1-3H3/t12-/m1/s1. The van der Waals surface area contributed by atoms with Crippen LogP contribution in [-0.2, 0) is 4.74 Å². The lowest BCUT2D eigenvalue weighted by atomic mass is 10.1. The zero-order chi connectivity index (χ0) is 15.2. The van der Waals surface area contributed by atoms with E-state index in [0.717, 1.165) is 17.7 Å². The smallest absolute Gasteiger partial charge is 0.356 e. The maximum atomic E-state index is 12.0. The van der Waals surface area contributed by atoms with Crippen LogP contribution in [0.3, 0.4) is 0 Å². The number of esters is 1. The Labute approximate surface area is 124 Å². The van der Waals surface area contributed by atoms with Crippen LogP contribution in [0.1, 0.15) is 42.4 Å². The minimum atomic E-state index is -0.338. The average molecular weight is 288 g/mol. The molecular formula is C16H20N2O3. The summed E-state index contributed by atoms with van der Waals surface area (Å²) >= 11 is 0. The molecule has 1 atom stereocenters. The van der Waals surface area contributed by atoms with Gasteiger partial charge in [-0.05, 0) is 31.0 Å². The molecule has 0 fully saturated rings. The van der Waals surface area contributed by atoms with Gasteiger partial charge in [-0.2, -0.15) is 0 Å². The summed E-state index contributed by atoms with van der Waals surface area (Å²) in [5.41, 5.74) is 1.53. The number of benzene rings is 1. The van der Waals surface area contributed by atoms with Gasteiger partial charge in [0.15, 0.2) is 0 Å². The molecule has 1 aromatic heterocycles. The molecule has 0 saturated heterocycles. The van der Waals surface area contributed by atoms with E-state index in [1.165, 1.54) is 6.20 Å². The maximum Gasteiger partial charge on any atom is 0.356 e. The normalized spacial score (nSPS) is 12.0. The molecule has 0 N–H and O–H groups in total. The fraction of sp³-hybridized carbons (Fsp3) is 0.375. The number of nitrogens with zero attached hydrogens (tertiary/aromatic N) is 2. The Bertz CT molecular complexity index is 590. The number of carbonyl (C=O) groups is 1. The summed E-state index contributed by atoms with van der Waals surface area (Å²) in [6.07, 6.45) is 3.99. The van der Waals surface area contributed by atoms with E-state index in [4.69, 9.17) is 9.47 Å². The highest BCUT2D eigenvalue weighted by Crippen LogP contribution is 2.22. The van der Waals surface area contributed by atoms with E-state index in [2.05, 4.69) is 4.98 Å². The molecule has 0 unspecified atom stereocenters. The Morgan fingerprint density at radius 2 is 2.05 bits per heavy atom. The van der Waals surface area contributed by atoms with E-state index in [1.807, 2.05) is 42.7 Å². The van der Waals surface area contributed by atoms with Gasteiger partial charge in [0, 0.05) is 0 Å². The zero-order valence-corrected chi connectivity index (χ0v) is 12.6. The molecule has 2 rings (SSSR count). The monoisotopic (exact) mass is 288 g/mol. The number of hydrogen-bond donors (Lipinski definition) is 0. The van der Waals surface area contributed by atoms with Crippen LogP contribution < -0.4 is 4.74 Å². The van der Waals surface area contributed by atoms with Crippen molar-refractivity contribution in [1.29, 1.82) is 0 Å². The summed E-state index contributed by atoms with van der Waals surface area (Å²) in [6.45, 7) is 4.39. The molecule has 5 nitrogen and oxygen atoms in total. The Balaban J connectivity index is 2.20. The molecular weight excluding hydrogens is 268 g/mol. The summed E-state index contributed by atoms with van der Waals surface area (Å²) in [4.78, 5) is 16.1. The van der Waals surface area contributed by atoms with Crippen molar-refractivity contribution in [1.82, 2.24) is 9.55 Å². The second kappa shape index (κ2) is 6.92. The first-order valence-electron chi connectivity index (χ1n) is 7.00. The molecule has 0 aliphatic rings. The van der Waals surface area contributed by atoms with Crippen LogP contribution in [0.5, 0.6) is 5.75 Å². The average Bonchev–Trinajstić information content (AvgIpc) is 3.01. The largest absolute Gasteiger partial charge is 0.497 e. The van der Waals surface area contributed by atoms with Gasteiger partial charge in [-0.15, -0.1) is 0 Å². The quantitative estimate of drug-likeness (QED) is 0.767. The van der Waals surface area contributed by atoms with Crippen LogP contribution in [0, 0.1) is 0 Å². The minimum absolute atomic E-state index is 0.0115. The van der Waals surface area contributed by atoms with Crippen molar-refractivity contribution < 1.29 is 14.3 Å². The summed E-state index contributed by atoms with van der Waals surface area (Å²) in [6, 6.07) is 7.74. The van der Waals surface area contributed by atoms with E-state index >= 15 is 0 Å². The molecule has 2 aromatic rings. The van der Waals surface area contributed by atoms with Gasteiger partial charge in [-0.1, -0.05) is 19.1 Å². The Hall–Kier alpha value is -2.30. The highest BCUT2D eigenvalue weighted by molar-refractivity contribution is 5.87. The van der Waals surface area contributed by atoms with Gasteiger partial charge in [0.05, 0.1) is 32.3 Å². The molecule has 1 aromatic carbocycles. The fourth-order valence-corrected chi connectivity index (χ4v) is 2.08. The molecule has 1 heterocycles. The third kappa shape index (κ3) is 3.42. The van der Waals surface area contributed by atoms with Crippen LogP contribution in [0.15, 0.2) is 36.8 Å². The second-order valence-corrected chi connectivity index (χ2v) is 4.77. The van der Waals surface area contributed by atoms with Gasteiger partial charge in [0.2, 0.25) is 0 Å². The second-order valence-electron chi connectivity index (χ2n) is 4.77. The summed E-state index contributed by atoms with van der Waals surface area (Å²) in [7, 11) is 1.64. The van der Waals surface area contributed by atoms with E-state index in [-0.39, 0.29) is 12.0 Å². The lowest BCUT2D eigenvalue weighted by Gasteiger charge is -2.16. The predicted molar refractivity (Wildman–Crippen MR) is 79.6 cm³/mol. The van der Waals surface area contributed by atoms with Gasteiger partial charge in [0.25, 0.3) is 0 Å². The molecule has 0 amide bonds. The molecule has 0 radical (unpaired) electrons. The third-order valence-electron chi connectivity index (χ3n) is 3.33. The van der Waals surface area contributed by atoms with Crippen molar-refractivity contribution in [3.05, 3.63) is 48.0 Å². The first kappa shape index (κ1) is 15.1. The van der Waals surface area contributed by atoms with Crippen LogP contribution in [0.2, 0.25) is 0 Å². The Morgan fingerprint density at radius 3 is 2.67 bits per heavy atom. The number of aromatic nitrogens is 2. The molecule has 112 valence electrons. The van der Waals surface area contributed by atoms with Crippen LogP contribution in [0.4, 0.5) is 0 Å². The van der Waals surface area contributed by atoms with Crippen molar-refractivity contribution in [2.24, 2.45) is 0 Å². The van der Waals surface area contributed by atoms with Crippen molar-refractivity contribution >= 4 is 5.97 Å². The molecule has 0 aliphatic carbocycles. The number of rotatable bonds is 6. The highest BCUT2D eigenvalue weighted by atomic mass is 16.5. The summed E-state index contributed by atoms with van der Waals surface area (Å²) in [5.74, 6) is 0.467. The molecule has 21 heavy (non-hydrogen) atoms. The number of methoxy groups -OCH3 is 1. The van der Waals surface area contributed by atoms with Crippen molar-refractivity contribution in [2.75, 3.05) is 13.7 Å². The number of carbonyl (C=O) groups excluding carboxylic acids is 1. The molecule has 0 saturated carbocycles. The lowest BCUT2D eigenvalue weighted by Crippen LogP contribution is -2.15. The van der Waals surface area contributed by atoms with Crippen LogP contribution >= 0.6 is 0 Å². The van der Waals surface area contributed by atoms with Crippen LogP contribution in [-0.4, -0.2) is 29.2 Å². The number of hydrogen-bond acceptors (Lipinski definition) is 4. The van der Waals surface area contributed by atoms with E-state index in [0.29, 0.717) is 12.3 Å². The lowest BCUT2D eigenvalue weighted by molar-refractivity contribution is 0.0491. The molecule has 0 aliphatic heterocycles. The summed E-state index contributed by atoms with van der Waals surface area (Å²) < 4.78 is 12.2. The van der Waals surface area contributed by atoms with Gasteiger partial charge in [-0.25, -0.2) is 9.78 Å². The molecule has 0 bridgehead atoms. The van der Waals surface area contributed by atoms with Gasteiger partial charge in [0.1, 0.15) is 11.4 Å². The SMILES string of the molecule is CCCOC(=O)c1cncn1[C@H](C)c1ccc(OC)cc1. The van der Waals surface area contributed by atoms with Crippen LogP contribution in [0.25, 0.3) is 0 Å². The van der Waals surface area contributed by atoms with Gasteiger partial charge < -0.3 is 14.0 Å². The number of ether oxygens (including phenoxy) is 2. The van der Waals surface area contributed by atoms with E-state index in [1.54, 1.807) is 13.4 Å². The van der Waals surface area contributed by atoms with Crippen molar-refractivity contribution in [3.8, 4) is 5.75 Å². The minimum Gasteiger partial charge on any atom is -0.497 e. The van der Waals surface area contributed by atoms with Gasteiger partial charge in [-0.3, -0.25) is 0 Å². The fourth-order valence-electron chi connectivity index (χ4n) is 2.08. The summed E-state index contributed by atoms with van der Waals surface area (Å²) in [5, 5.41) is 0. The molecule has 0 spiro atoms. The predicted octanol–water partition coefficient (Wildman–Crippen LogP) is 3.07. The first-order chi connectivity index (χ1) is 10.2. The van der Waals surface area contributed by atoms with Crippen molar-refractivity contribution in [3.63, 3.8) is 0 Å². The topological polar surface area (TPSA) is 53.3 Å². The highest BCUT2D eigenvalue weighted by Gasteiger charge is 2.18. The van der Waals surface area contributed by atoms with E-state index < -0.39 is 0 Å². The van der Waals surface area contributed by atoms with Crippen molar-refractivity contribution in [2.45, 2.75) is 26.3 Å². The molecule has 5 heteroatoms. The number of imidazole rings is 1. The third-order valence-corrected chi connectivity index (χ3v) is 3.33. The Kier molecular flexibility index (Phi) is 4.98. The maximum absolute atomic E-state index is 12.0. The van der Waals surface area contributed by atoms with Gasteiger partial charge >= 0.3 is 5.97 Å². The first-order valence-corrected chi connectivity index (χ1v) is 7.00. The van der Waals surface area contributed by atoms with E-state index in [9.17, 15) is 4.79 Å².